The van der Waals surface area contributed by atoms with Crippen molar-refractivity contribution >= 4 is 39.1 Å². The van der Waals surface area contributed by atoms with Gasteiger partial charge in [-0.15, -0.1) is 0 Å². The van der Waals surface area contributed by atoms with E-state index in [2.05, 4.69) is 22.0 Å². The van der Waals surface area contributed by atoms with Crippen LogP contribution in [0, 0.1) is 5.82 Å². The molecule has 0 saturated carbocycles. The summed E-state index contributed by atoms with van der Waals surface area (Å²) in [4.78, 5) is 11.4. The number of carboxylic acids is 1. The molecule has 4 rings (SSSR count). The second kappa shape index (κ2) is 8.28. The Morgan fingerprint density at radius 3 is 2.27 bits per heavy atom. The van der Waals surface area contributed by atoms with Crippen molar-refractivity contribution in [1.82, 2.24) is 0 Å². The molecule has 150 valence electrons. The third-order valence-electron chi connectivity index (χ3n) is 5.02. The number of halogens is 2. The molecule has 0 bridgehead atoms. The molecule has 3 aromatic carbocycles. The van der Waals surface area contributed by atoms with Crippen LogP contribution in [0.2, 0.25) is 0 Å². The topological polar surface area (TPSA) is 46.5 Å². The van der Waals surface area contributed by atoms with E-state index in [1.54, 1.807) is 12.1 Å². The number of benzene rings is 3. The minimum Gasteiger partial charge on any atom is -0.481 e. The molecule has 0 aliphatic heterocycles. The van der Waals surface area contributed by atoms with E-state index in [1.807, 2.05) is 49.4 Å². The van der Waals surface area contributed by atoms with Crippen molar-refractivity contribution in [2.75, 3.05) is 0 Å². The van der Waals surface area contributed by atoms with Crippen molar-refractivity contribution in [2.45, 2.75) is 13.3 Å². The van der Waals surface area contributed by atoms with Gasteiger partial charge in [0, 0.05) is 4.47 Å². The van der Waals surface area contributed by atoms with Gasteiger partial charge in [0.05, 0.1) is 6.42 Å². The fraction of sp³-hybridized carbons (Fsp3) is 0.0800. The Labute approximate surface area is 182 Å². The van der Waals surface area contributed by atoms with Gasteiger partial charge in [0.15, 0.2) is 0 Å². The lowest BCUT2D eigenvalue weighted by atomic mass is 10.0. The van der Waals surface area contributed by atoms with E-state index in [-0.39, 0.29) is 12.2 Å². The Morgan fingerprint density at radius 2 is 1.63 bits per heavy atom. The maximum absolute atomic E-state index is 13.0. The second-order valence-corrected chi connectivity index (χ2v) is 7.96. The molecule has 1 aliphatic carbocycles. The van der Waals surface area contributed by atoms with Crippen LogP contribution >= 0.6 is 15.9 Å². The number of ether oxygens (including phenoxy) is 1. The van der Waals surface area contributed by atoms with E-state index >= 15 is 0 Å². The van der Waals surface area contributed by atoms with Crippen molar-refractivity contribution in [2.24, 2.45) is 0 Å². The van der Waals surface area contributed by atoms with E-state index in [1.165, 1.54) is 12.1 Å². The number of carboxylic acid groups (broad SMARTS) is 1. The first kappa shape index (κ1) is 20.1. The lowest BCUT2D eigenvalue weighted by Crippen LogP contribution is -1.96. The lowest BCUT2D eigenvalue weighted by Gasteiger charge is -2.07. The average molecular weight is 465 g/mol. The number of allylic oxidation sites excluding steroid dienone is 2. The molecule has 0 heterocycles. The summed E-state index contributed by atoms with van der Waals surface area (Å²) in [5.74, 6) is 0.0611. The summed E-state index contributed by atoms with van der Waals surface area (Å²) < 4.78 is 19.7. The van der Waals surface area contributed by atoms with Crippen LogP contribution in [0.25, 0.3) is 17.2 Å². The standard InChI is InChI=1S/C25H18BrFO3/c1-15-22(21-11-4-17(26)13-24(21)23(15)14-25(28)29)12-16-2-7-19(8-3-16)30-20-9-5-18(27)6-10-20/h2-13H,14H2,1H3,(H,28,29)/b22-12-. The van der Waals surface area contributed by atoms with Crippen LogP contribution in [0.15, 0.2) is 76.8 Å². The first-order valence-electron chi connectivity index (χ1n) is 9.38. The molecule has 1 aliphatic rings. The number of hydrogen-bond acceptors (Lipinski definition) is 2. The van der Waals surface area contributed by atoms with Crippen LogP contribution in [0.3, 0.4) is 0 Å². The van der Waals surface area contributed by atoms with Gasteiger partial charge in [-0.05, 0) is 94.9 Å². The van der Waals surface area contributed by atoms with Gasteiger partial charge >= 0.3 is 5.97 Å². The molecule has 5 heteroatoms. The second-order valence-electron chi connectivity index (χ2n) is 7.05. The van der Waals surface area contributed by atoms with Gasteiger partial charge < -0.3 is 9.84 Å². The monoisotopic (exact) mass is 464 g/mol. The zero-order chi connectivity index (χ0) is 21.3. The summed E-state index contributed by atoms with van der Waals surface area (Å²) in [5, 5.41) is 9.33. The molecule has 0 unspecified atom stereocenters. The summed E-state index contributed by atoms with van der Waals surface area (Å²) in [6, 6.07) is 19.4. The van der Waals surface area contributed by atoms with E-state index < -0.39 is 5.97 Å². The van der Waals surface area contributed by atoms with Gasteiger partial charge in [0.25, 0.3) is 0 Å². The van der Waals surface area contributed by atoms with Gasteiger partial charge in [-0.1, -0.05) is 34.1 Å². The highest BCUT2D eigenvalue weighted by atomic mass is 79.9. The fourth-order valence-electron chi connectivity index (χ4n) is 3.57. The summed E-state index contributed by atoms with van der Waals surface area (Å²) >= 11 is 3.48. The molecular formula is C25H18BrFO3. The van der Waals surface area contributed by atoms with Crippen molar-refractivity contribution in [3.63, 3.8) is 0 Å². The number of hydrogen-bond donors (Lipinski definition) is 1. The van der Waals surface area contributed by atoms with Crippen LogP contribution in [0.4, 0.5) is 4.39 Å². The molecule has 0 aromatic heterocycles. The predicted molar refractivity (Wildman–Crippen MR) is 120 cm³/mol. The van der Waals surface area contributed by atoms with Crippen molar-refractivity contribution in [3.05, 3.63) is 99.3 Å². The summed E-state index contributed by atoms with van der Waals surface area (Å²) in [7, 11) is 0. The van der Waals surface area contributed by atoms with Gasteiger partial charge in [0.1, 0.15) is 17.3 Å². The molecule has 30 heavy (non-hydrogen) atoms. The van der Waals surface area contributed by atoms with Crippen molar-refractivity contribution < 1.29 is 19.0 Å². The van der Waals surface area contributed by atoms with Gasteiger partial charge in [-0.25, -0.2) is 4.39 Å². The quantitative estimate of drug-likeness (QED) is 0.434. The van der Waals surface area contributed by atoms with E-state index in [4.69, 9.17) is 4.74 Å². The lowest BCUT2D eigenvalue weighted by molar-refractivity contribution is -0.135. The highest BCUT2D eigenvalue weighted by molar-refractivity contribution is 9.10. The number of fused-ring (bicyclic) bond motifs is 1. The summed E-state index contributed by atoms with van der Waals surface area (Å²) in [5.41, 5.74) is 5.77. The number of carbonyl (C=O) groups is 1. The van der Waals surface area contributed by atoms with Crippen LogP contribution in [-0.4, -0.2) is 11.1 Å². The molecule has 0 fully saturated rings. The SMILES string of the molecule is CC1=C(CC(=O)O)c2cc(Br)ccc2/C1=C\c1ccc(Oc2ccc(F)cc2)cc1. The Balaban J connectivity index is 1.64. The van der Waals surface area contributed by atoms with Gasteiger partial charge in [0.2, 0.25) is 0 Å². The smallest absolute Gasteiger partial charge is 0.307 e. The zero-order valence-corrected chi connectivity index (χ0v) is 17.7. The van der Waals surface area contributed by atoms with E-state index in [9.17, 15) is 14.3 Å². The van der Waals surface area contributed by atoms with Crippen LogP contribution in [-0.2, 0) is 4.79 Å². The molecule has 1 N–H and O–H groups in total. The summed E-state index contributed by atoms with van der Waals surface area (Å²) in [6.07, 6.45) is 2.04. The molecule has 0 radical (unpaired) electrons. The van der Waals surface area contributed by atoms with Crippen LogP contribution < -0.4 is 4.74 Å². The largest absolute Gasteiger partial charge is 0.481 e. The Bertz CT molecular complexity index is 1180. The molecule has 0 saturated heterocycles. The first-order valence-corrected chi connectivity index (χ1v) is 10.2. The van der Waals surface area contributed by atoms with Crippen molar-refractivity contribution in [3.8, 4) is 11.5 Å². The fourth-order valence-corrected chi connectivity index (χ4v) is 3.93. The maximum Gasteiger partial charge on any atom is 0.307 e. The highest BCUT2D eigenvalue weighted by Gasteiger charge is 2.25. The third kappa shape index (κ3) is 4.21. The maximum atomic E-state index is 13.0. The minimum absolute atomic E-state index is 0.0168. The van der Waals surface area contributed by atoms with Gasteiger partial charge in [-0.3, -0.25) is 4.79 Å². The normalized spacial score (nSPS) is 14.2. The number of aliphatic carboxylic acids is 1. The molecule has 0 spiro atoms. The van der Waals surface area contributed by atoms with Crippen molar-refractivity contribution in [1.29, 1.82) is 0 Å². The highest BCUT2D eigenvalue weighted by Crippen LogP contribution is 2.44. The third-order valence-corrected chi connectivity index (χ3v) is 5.52. The van der Waals surface area contributed by atoms with E-state index in [0.29, 0.717) is 11.5 Å². The Hall–Kier alpha value is -3.18. The summed E-state index contributed by atoms with van der Waals surface area (Å²) in [6.45, 7) is 1.96. The molecular weight excluding hydrogens is 447 g/mol. The number of rotatable bonds is 5. The molecule has 3 nitrogen and oxygen atoms in total. The Kier molecular flexibility index (Phi) is 5.55. The van der Waals surface area contributed by atoms with E-state index in [0.717, 1.165) is 37.9 Å². The van der Waals surface area contributed by atoms with Gasteiger partial charge in [-0.2, -0.15) is 0 Å². The predicted octanol–water partition coefficient (Wildman–Crippen LogP) is 7.18. The van der Waals surface area contributed by atoms with Crippen LogP contribution in [0.1, 0.15) is 30.0 Å². The average Bonchev–Trinajstić information content (AvgIpc) is 2.96. The Morgan fingerprint density at radius 1 is 1.00 bits per heavy atom. The van der Waals surface area contributed by atoms with Crippen LogP contribution in [0.5, 0.6) is 11.5 Å². The molecule has 0 atom stereocenters. The molecule has 3 aromatic rings. The molecule has 0 amide bonds. The minimum atomic E-state index is -0.848. The zero-order valence-electron chi connectivity index (χ0n) is 16.2. The first-order chi connectivity index (χ1) is 14.4.